The molecule has 0 saturated carbocycles. The lowest BCUT2D eigenvalue weighted by Crippen LogP contribution is -2.05. The number of phenolic OH excluding ortho intramolecular Hbond substituents is 1. The van der Waals surface area contributed by atoms with Crippen molar-refractivity contribution in [3.63, 3.8) is 0 Å². The van der Waals surface area contributed by atoms with Crippen LogP contribution in [0, 0.1) is 0 Å². The van der Waals surface area contributed by atoms with Crippen LogP contribution in [0.5, 0.6) is 23.3 Å². The molecule has 6 nitrogen and oxygen atoms in total. The van der Waals surface area contributed by atoms with Crippen molar-refractivity contribution in [1.82, 2.24) is 9.97 Å². The molecule has 1 N–H and O–H groups in total. The van der Waals surface area contributed by atoms with Gasteiger partial charge in [-0.05, 0) is 49.7 Å². The van der Waals surface area contributed by atoms with Gasteiger partial charge in [-0.2, -0.15) is 4.98 Å². The third-order valence-electron chi connectivity index (χ3n) is 3.72. The molecule has 0 unspecified atom stereocenters. The van der Waals surface area contributed by atoms with Crippen molar-refractivity contribution in [1.29, 1.82) is 0 Å². The molecule has 0 spiro atoms. The van der Waals surface area contributed by atoms with Crippen molar-refractivity contribution >= 4 is 0 Å². The standard InChI is InChI=1S/C21H22N2O4/c1-14(2)27-19-11-16(10-17(24)12-19)20-8-9-22-21(23-20)26-13-15-4-6-18(25-3)7-5-15/h4-12,14,24H,13H2,1-3H3. The molecule has 27 heavy (non-hydrogen) atoms. The summed E-state index contributed by atoms with van der Waals surface area (Å²) in [6.45, 7) is 4.20. The average molecular weight is 366 g/mol. The molecule has 140 valence electrons. The van der Waals surface area contributed by atoms with E-state index in [4.69, 9.17) is 14.2 Å². The number of hydrogen-bond acceptors (Lipinski definition) is 6. The molecule has 2 aromatic carbocycles. The zero-order chi connectivity index (χ0) is 19.2. The summed E-state index contributed by atoms with van der Waals surface area (Å²) >= 11 is 0. The monoisotopic (exact) mass is 366 g/mol. The Labute approximate surface area is 158 Å². The van der Waals surface area contributed by atoms with Gasteiger partial charge in [0.15, 0.2) is 0 Å². The minimum atomic E-state index is 0.00781. The first-order valence-corrected chi connectivity index (χ1v) is 8.63. The second kappa shape index (κ2) is 8.40. The smallest absolute Gasteiger partial charge is 0.317 e. The summed E-state index contributed by atoms with van der Waals surface area (Å²) in [5, 5.41) is 9.97. The summed E-state index contributed by atoms with van der Waals surface area (Å²) in [6, 6.07) is 14.6. The molecule has 0 radical (unpaired) electrons. The summed E-state index contributed by atoms with van der Waals surface area (Å²) in [4.78, 5) is 8.58. The van der Waals surface area contributed by atoms with Gasteiger partial charge in [-0.25, -0.2) is 4.98 Å². The Balaban J connectivity index is 1.76. The second-order valence-electron chi connectivity index (χ2n) is 6.24. The molecule has 0 aliphatic rings. The van der Waals surface area contributed by atoms with Gasteiger partial charge < -0.3 is 19.3 Å². The lowest BCUT2D eigenvalue weighted by molar-refractivity contribution is 0.241. The van der Waals surface area contributed by atoms with E-state index in [2.05, 4.69) is 9.97 Å². The quantitative estimate of drug-likeness (QED) is 0.675. The van der Waals surface area contributed by atoms with Crippen LogP contribution >= 0.6 is 0 Å². The highest BCUT2D eigenvalue weighted by atomic mass is 16.5. The number of aromatic nitrogens is 2. The van der Waals surface area contributed by atoms with Crippen molar-refractivity contribution in [3.8, 4) is 34.5 Å². The zero-order valence-electron chi connectivity index (χ0n) is 15.5. The van der Waals surface area contributed by atoms with Crippen LogP contribution in [0.2, 0.25) is 0 Å². The Morgan fingerprint density at radius 3 is 2.48 bits per heavy atom. The van der Waals surface area contributed by atoms with Gasteiger partial charge >= 0.3 is 6.01 Å². The van der Waals surface area contributed by atoms with E-state index in [1.165, 1.54) is 0 Å². The van der Waals surface area contributed by atoms with Crippen LogP contribution in [-0.2, 0) is 6.61 Å². The van der Waals surface area contributed by atoms with Crippen LogP contribution in [-0.4, -0.2) is 28.3 Å². The maximum atomic E-state index is 9.97. The summed E-state index contributed by atoms with van der Waals surface area (Å²) in [5.74, 6) is 1.49. The number of hydrogen-bond donors (Lipinski definition) is 1. The van der Waals surface area contributed by atoms with E-state index in [0.717, 1.165) is 16.9 Å². The Kier molecular flexibility index (Phi) is 5.76. The molecule has 0 aliphatic heterocycles. The third-order valence-corrected chi connectivity index (χ3v) is 3.72. The van der Waals surface area contributed by atoms with Crippen LogP contribution in [0.4, 0.5) is 0 Å². The first-order valence-electron chi connectivity index (χ1n) is 8.63. The third kappa shape index (κ3) is 5.10. The summed E-state index contributed by atoms with van der Waals surface area (Å²) < 4.78 is 16.5. The van der Waals surface area contributed by atoms with Gasteiger partial charge in [0, 0.05) is 17.8 Å². The van der Waals surface area contributed by atoms with Crippen molar-refractivity contribution in [3.05, 3.63) is 60.3 Å². The molecule has 3 rings (SSSR count). The average Bonchev–Trinajstić information content (AvgIpc) is 2.66. The van der Waals surface area contributed by atoms with Crippen LogP contribution in [0.3, 0.4) is 0 Å². The topological polar surface area (TPSA) is 73.7 Å². The lowest BCUT2D eigenvalue weighted by Gasteiger charge is -2.12. The van der Waals surface area contributed by atoms with E-state index in [-0.39, 0.29) is 17.9 Å². The molecule has 0 amide bonds. The SMILES string of the molecule is COc1ccc(COc2nccc(-c3cc(O)cc(OC(C)C)c3)n2)cc1. The lowest BCUT2D eigenvalue weighted by atomic mass is 10.1. The second-order valence-corrected chi connectivity index (χ2v) is 6.24. The summed E-state index contributed by atoms with van der Waals surface area (Å²) in [6.07, 6.45) is 1.63. The molecule has 6 heteroatoms. The van der Waals surface area contributed by atoms with Crippen LogP contribution < -0.4 is 14.2 Å². The van der Waals surface area contributed by atoms with Crippen molar-refractivity contribution < 1.29 is 19.3 Å². The molecule has 0 aliphatic carbocycles. The van der Waals surface area contributed by atoms with Crippen LogP contribution in [0.1, 0.15) is 19.4 Å². The fourth-order valence-corrected chi connectivity index (χ4v) is 2.51. The normalized spacial score (nSPS) is 10.7. The summed E-state index contributed by atoms with van der Waals surface area (Å²) in [7, 11) is 1.63. The fourth-order valence-electron chi connectivity index (χ4n) is 2.51. The maximum absolute atomic E-state index is 9.97. The number of benzene rings is 2. The van der Waals surface area contributed by atoms with Gasteiger partial charge in [-0.1, -0.05) is 12.1 Å². The van der Waals surface area contributed by atoms with Crippen molar-refractivity contribution in [2.24, 2.45) is 0 Å². The molecule has 3 aromatic rings. The highest BCUT2D eigenvalue weighted by molar-refractivity contribution is 5.63. The van der Waals surface area contributed by atoms with E-state index >= 15 is 0 Å². The van der Waals surface area contributed by atoms with Gasteiger partial charge in [-0.3, -0.25) is 0 Å². The minimum Gasteiger partial charge on any atom is -0.508 e. The van der Waals surface area contributed by atoms with Gasteiger partial charge in [0.05, 0.1) is 18.9 Å². The van der Waals surface area contributed by atoms with E-state index in [1.54, 1.807) is 31.5 Å². The molecule has 0 fully saturated rings. The predicted octanol–water partition coefficient (Wildman–Crippen LogP) is 4.22. The highest BCUT2D eigenvalue weighted by Gasteiger charge is 2.08. The zero-order valence-corrected chi connectivity index (χ0v) is 15.5. The molecular weight excluding hydrogens is 344 g/mol. The minimum absolute atomic E-state index is 0.00781. The van der Waals surface area contributed by atoms with E-state index in [9.17, 15) is 5.11 Å². The largest absolute Gasteiger partial charge is 0.508 e. The Hall–Kier alpha value is -3.28. The fraction of sp³-hybridized carbons (Fsp3) is 0.238. The van der Waals surface area contributed by atoms with E-state index < -0.39 is 0 Å². The van der Waals surface area contributed by atoms with Gasteiger partial charge in [0.2, 0.25) is 0 Å². The Morgan fingerprint density at radius 2 is 1.78 bits per heavy atom. The Morgan fingerprint density at radius 1 is 1.00 bits per heavy atom. The van der Waals surface area contributed by atoms with Crippen LogP contribution in [0.25, 0.3) is 11.3 Å². The summed E-state index contributed by atoms with van der Waals surface area (Å²) in [5.41, 5.74) is 2.34. The molecule has 1 heterocycles. The van der Waals surface area contributed by atoms with Gasteiger partial charge in [-0.15, -0.1) is 0 Å². The number of methoxy groups -OCH3 is 1. The number of rotatable bonds is 7. The first-order chi connectivity index (χ1) is 13.0. The molecule has 0 atom stereocenters. The predicted molar refractivity (Wildman–Crippen MR) is 102 cm³/mol. The molecule has 0 saturated heterocycles. The maximum Gasteiger partial charge on any atom is 0.317 e. The van der Waals surface area contributed by atoms with Gasteiger partial charge in [0.25, 0.3) is 0 Å². The van der Waals surface area contributed by atoms with Crippen molar-refractivity contribution in [2.75, 3.05) is 7.11 Å². The van der Waals surface area contributed by atoms with Gasteiger partial charge in [0.1, 0.15) is 23.9 Å². The van der Waals surface area contributed by atoms with Crippen LogP contribution in [0.15, 0.2) is 54.7 Å². The number of aromatic hydroxyl groups is 1. The number of phenols is 1. The highest BCUT2D eigenvalue weighted by Crippen LogP contribution is 2.29. The number of nitrogens with zero attached hydrogens (tertiary/aromatic N) is 2. The van der Waals surface area contributed by atoms with Crippen molar-refractivity contribution in [2.45, 2.75) is 26.6 Å². The molecule has 1 aromatic heterocycles. The van der Waals surface area contributed by atoms with E-state index in [0.29, 0.717) is 18.1 Å². The first kappa shape index (κ1) is 18.5. The van der Waals surface area contributed by atoms with E-state index in [1.807, 2.05) is 44.2 Å². The Bertz CT molecular complexity index is 895. The molecular formula is C21H22N2O4. The molecule has 0 bridgehead atoms. The number of ether oxygens (including phenoxy) is 3.